The Hall–Kier alpha value is -2.42. The van der Waals surface area contributed by atoms with Gasteiger partial charge in [-0.05, 0) is 48.4 Å². The van der Waals surface area contributed by atoms with E-state index >= 15 is 0 Å². The number of carbonyl (C=O) groups is 2. The van der Waals surface area contributed by atoms with Gasteiger partial charge in [0, 0.05) is 17.1 Å². The summed E-state index contributed by atoms with van der Waals surface area (Å²) in [7, 11) is -2.08. The molecule has 0 radical (unpaired) electrons. The maximum atomic E-state index is 12.8. The highest BCUT2D eigenvalue weighted by Gasteiger charge is 2.25. The first-order chi connectivity index (χ1) is 14.1. The second-order valence-electron chi connectivity index (χ2n) is 7.15. The fourth-order valence-corrected chi connectivity index (χ4v) is 3.76. The second kappa shape index (κ2) is 10.6. The molecule has 162 valence electrons. The Morgan fingerprint density at radius 3 is 2.17 bits per heavy atom. The van der Waals surface area contributed by atoms with Crippen LogP contribution in [0.4, 0.5) is 0 Å². The number of hydrogen-bond acceptors (Lipinski definition) is 4. The number of halogens is 1. The smallest absolute Gasteiger partial charge is 0.251 e. The van der Waals surface area contributed by atoms with Crippen molar-refractivity contribution >= 4 is 33.4 Å². The van der Waals surface area contributed by atoms with Gasteiger partial charge in [0.15, 0.2) is 0 Å². The lowest BCUT2D eigenvalue weighted by Gasteiger charge is -2.22. The van der Waals surface area contributed by atoms with Crippen molar-refractivity contribution in [2.75, 3.05) is 7.05 Å². The number of rotatable bonds is 9. The maximum absolute atomic E-state index is 12.8. The minimum Gasteiger partial charge on any atom is -0.350 e. The van der Waals surface area contributed by atoms with Crippen LogP contribution >= 0.6 is 11.6 Å². The Kier molecular flexibility index (Phi) is 8.40. The summed E-state index contributed by atoms with van der Waals surface area (Å²) in [6.45, 7) is 3.81. The van der Waals surface area contributed by atoms with Crippen molar-refractivity contribution < 1.29 is 18.0 Å². The van der Waals surface area contributed by atoms with E-state index in [1.54, 1.807) is 48.5 Å². The molecular formula is C21H26ClN3O4S. The summed E-state index contributed by atoms with van der Waals surface area (Å²) >= 11 is 5.85. The van der Waals surface area contributed by atoms with Crippen LogP contribution in [0, 0.1) is 5.92 Å². The minimum atomic E-state index is -3.44. The van der Waals surface area contributed by atoms with Gasteiger partial charge in [0.1, 0.15) is 6.04 Å². The SMILES string of the molecule is CNS(=O)(=O)Cc1ccccc1CNC(=O)[C@@H](NC(=O)c1ccc(Cl)cc1)C(C)C. The van der Waals surface area contributed by atoms with E-state index < -0.39 is 16.1 Å². The van der Waals surface area contributed by atoms with E-state index in [2.05, 4.69) is 15.4 Å². The van der Waals surface area contributed by atoms with Crippen molar-refractivity contribution in [1.29, 1.82) is 0 Å². The van der Waals surface area contributed by atoms with Crippen LogP contribution in [0.2, 0.25) is 5.02 Å². The fraction of sp³-hybridized carbons (Fsp3) is 0.333. The molecule has 9 heteroatoms. The molecule has 0 saturated heterocycles. The van der Waals surface area contributed by atoms with Crippen molar-refractivity contribution in [2.45, 2.75) is 32.2 Å². The zero-order chi connectivity index (χ0) is 22.3. The van der Waals surface area contributed by atoms with E-state index in [0.717, 1.165) is 0 Å². The molecular weight excluding hydrogens is 426 g/mol. The summed E-state index contributed by atoms with van der Waals surface area (Å²) in [5, 5.41) is 6.07. The number of hydrogen-bond donors (Lipinski definition) is 3. The van der Waals surface area contributed by atoms with Crippen LogP contribution in [0.5, 0.6) is 0 Å². The molecule has 2 aromatic rings. The van der Waals surface area contributed by atoms with Gasteiger partial charge in [0.25, 0.3) is 5.91 Å². The van der Waals surface area contributed by atoms with Gasteiger partial charge >= 0.3 is 0 Å². The number of benzene rings is 2. The van der Waals surface area contributed by atoms with Crippen LogP contribution in [-0.2, 0) is 27.1 Å². The fourth-order valence-electron chi connectivity index (χ4n) is 2.80. The van der Waals surface area contributed by atoms with Crippen LogP contribution in [0.1, 0.15) is 35.3 Å². The predicted molar refractivity (Wildman–Crippen MR) is 118 cm³/mol. The summed E-state index contributed by atoms with van der Waals surface area (Å²) in [4.78, 5) is 25.2. The summed E-state index contributed by atoms with van der Waals surface area (Å²) in [5.41, 5.74) is 1.69. The van der Waals surface area contributed by atoms with Crippen LogP contribution in [0.15, 0.2) is 48.5 Å². The Morgan fingerprint density at radius 2 is 1.60 bits per heavy atom. The van der Waals surface area contributed by atoms with Gasteiger partial charge in [0.05, 0.1) is 5.75 Å². The molecule has 0 spiro atoms. The summed E-state index contributed by atoms with van der Waals surface area (Å²) in [6, 6.07) is 12.6. The summed E-state index contributed by atoms with van der Waals surface area (Å²) < 4.78 is 26.0. The van der Waals surface area contributed by atoms with E-state index in [1.165, 1.54) is 7.05 Å². The first kappa shape index (κ1) is 23.9. The lowest BCUT2D eigenvalue weighted by atomic mass is 10.0. The van der Waals surface area contributed by atoms with Gasteiger partial charge in [-0.15, -0.1) is 0 Å². The van der Waals surface area contributed by atoms with Gasteiger partial charge in [-0.3, -0.25) is 9.59 Å². The quantitative estimate of drug-likeness (QED) is 0.544. The molecule has 0 aromatic heterocycles. The molecule has 0 unspecified atom stereocenters. The molecule has 2 amide bonds. The van der Waals surface area contributed by atoms with Crippen LogP contribution in [-0.4, -0.2) is 33.3 Å². The molecule has 0 bridgehead atoms. The number of amides is 2. The van der Waals surface area contributed by atoms with E-state index in [1.807, 2.05) is 13.8 Å². The van der Waals surface area contributed by atoms with E-state index in [0.29, 0.717) is 21.7 Å². The van der Waals surface area contributed by atoms with Gasteiger partial charge in [-0.1, -0.05) is 49.7 Å². The molecule has 0 aliphatic rings. The molecule has 0 saturated carbocycles. The Labute approximate surface area is 182 Å². The Bertz CT molecular complexity index is 992. The standard InChI is InChI=1S/C21H26ClN3O4S/c1-14(2)19(25-20(26)15-8-10-18(22)11-9-15)21(27)24-12-16-6-4-5-7-17(16)13-30(28,29)23-3/h4-11,14,19,23H,12-13H2,1-3H3,(H,24,27)(H,25,26)/t19-/m0/s1. The Balaban J connectivity index is 2.07. The highest BCUT2D eigenvalue weighted by Crippen LogP contribution is 2.13. The molecule has 0 aliphatic heterocycles. The zero-order valence-electron chi connectivity index (χ0n) is 17.1. The van der Waals surface area contributed by atoms with Crippen molar-refractivity contribution in [3.8, 4) is 0 Å². The van der Waals surface area contributed by atoms with E-state index in [-0.39, 0.29) is 30.0 Å². The molecule has 0 fully saturated rings. The van der Waals surface area contributed by atoms with E-state index in [4.69, 9.17) is 11.6 Å². The third-order valence-electron chi connectivity index (χ3n) is 4.57. The maximum Gasteiger partial charge on any atom is 0.251 e. The van der Waals surface area contributed by atoms with Crippen LogP contribution in [0.3, 0.4) is 0 Å². The number of sulfonamides is 1. The van der Waals surface area contributed by atoms with Gasteiger partial charge in [0.2, 0.25) is 15.9 Å². The topological polar surface area (TPSA) is 104 Å². The number of carbonyl (C=O) groups excluding carboxylic acids is 2. The second-order valence-corrected chi connectivity index (χ2v) is 9.51. The predicted octanol–water partition coefficient (Wildman–Crippen LogP) is 2.46. The summed E-state index contributed by atoms with van der Waals surface area (Å²) in [6.07, 6.45) is 0. The first-order valence-corrected chi connectivity index (χ1v) is 11.5. The van der Waals surface area contributed by atoms with E-state index in [9.17, 15) is 18.0 Å². The molecule has 2 aromatic carbocycles. The average Bonchev–Trinajstić information content (AvgIpc) is 2.71. The molecule has 0 aliphatic carbocycles. The highest BCUT2D eigenvalue weighted by atomic mass is 35.5. The van der Waals surface area contributed by atoms with Crippen LogP contribution in [0.25, 0.3) is 0 Å². The number of nitrogens with one attached hydrogen (secondary N) is 3. The van der Waals surface area contributed by atoms with Crippen molar-refractivity contribution in [3.05, 3.63) is 70.2 Å². The Morgan fingerprint density at radius 1 is 1.00 bits per heavy atom. The van der Waals surface area contributed by atoms with Crippen molar-refractivity contribution in [2.24, 2.45) is 5.92 Å². The minimum absolute atomic E-state index is 0.147. The third kappa shape index (κ3) is 6.83. The van der Waals surface area contributed by atoms with Gasteiger partial charge in [-0.2, -0.15) is 0 Å². The average molecular weight is 452 g/mol. The van der Waals surface area contributed by atoms with Gasteiger partial charge < -0.3 is 10.6 Å². The molecule has 2 rings (SSSR count). The van der Waals surface area contributed by atoms with Crippen molar-refractivity contribution in [3.63, 3.8) is 0 Å². The molecule has 0 heterocycles. The van der Waals surface area contributed by atoms with Gasteiger partial charge in [-0.25, -0.2) is 13.1 Å². The monoisotopic (exact) mass is 451 g/mol. The highest BCUT2D eigenvalue weighted by molar-refractivity contribution is 7.88. The summed E-state index contributed by atoms with van der Waals surface area (Å²) in [5.74, 6) is -1.06. The molecule has 7 nitrogen and oxygen atoms in total. The molecule has 1 atom stereocenters. The van der Waals surface area contributed by atoms with Crippen LogP contribution < -0.4 is 15.4 Å². The lowest BCUT2D eigenvalue weighted by molar-refractivity contribution is -0.124. The lowest BCUT2D eigenvalue weighted by Crippen LogP contribution is -2.49. The molecule has 30 heavy (non-hydrogen) atoms. The largest absolute Gasteiger partial charge is 0.350 e. The molecule has 3 N–H and O–H groups in total. The first-order valence-electron chi connectivity index (χ1n) is 9.45. The third-order valence-corrected chi connectivity index (χ3v) is 6.14. The normalized spacial score (nSPS) is 12.4. The van der Waals surface area contributed by atoms with Crippen molar-refractivity contribution in [1.82, 2.24) is 15.4 Å². The zero-order valence-corrected chi connectivity index (χ0v) is 18.7.